The first-order valence-corrected chi connectivity index (χ1v) is 13.0. The van der Waals surface area contributed by atoms with Crippen LogP contribution in [0.5, 0.6) is 0 Å². The van der Waals surface area contributed by atoms with E-state index in [1.165, 1.54) is 10.0 Å². The molecule has 1 aliphatic heterocycles. The molecule has 0 unspecified atom stereocenters. The average Bonchev–Trinajstić information content (AvgIpc) is 2.86. The topological polar surface area (TPSA) is 71.4 Å². The van der Waals surface area contributed by atoms with Gasteiger partial charge in [-0.25, -0.2) is 14.6 Å². The van der Waals surface area contributed by atoms with Gasteiger partial charge < -0.3 is 9.47 Å². The Kier molecular flexibility index (Phi) is 9.01. The predicted molar refractivity (Wildman–Crippen MR) is 142 cm³/mol. The number of hydrogen-bond acceptors (Lipinski definition) is 5. The molecule has 1 aliphatic rings. The van der Waals surface area contributed by atoms with Crippen LogP contribution in [0.1, 0.15) is 65.5 Å². The molecule has 0 aliphatic carbocycles. The Bertz CT molecular complexity index is 1060. The van der Waals surface area contributed by atoms with Gasteiger partial charge in [-0.1, -0.05) is 74.5 Å². The number of ether oxygens (including phenoxy) is 2. The van der Waals surface area contributed by atoms with Gasteiger partial charge in [-0.3, -0.25) is 4.99 Å². The molecule has 36 heavy (non-hydrogen) atoms. The SMILES string of the molecule is CC[C@@H]1C(c2ccccc2)=N[C@](c2ccccc2)([C@H](Cl)CC)N(C(=O)OC(C)C)N1C(=O)OC(C)C. The predicted octanol–water partition coefficient (Wildman–Crippen LogP) is 6.75. The summed E-state index contributed by atoms with van der Waals surface area (Å²) in [5, 5.41) is 1.96. The lowest BCUT2D eigenvalue weighted by Gasteiger charge is -2.53. The number of hydrazine groups is 1. The van der Waals surface area contributed by atoms with Crippen LogP contribution in [0.3, 0.4) is 0 Å². The lowest BCUT2D eigenvalue weighted by atomic mass is 9.89. The van der Waals surface area contributed by atoms with Crippen molar-refractivity contribution in [3.63, 3.8) is 0 Å². The van der Waals surface area contributed by atoms with Crippen LogP contribution in [0.4, 0.5) is 9.59 Å². The van der Waals surface area contributed by atoms with Gasteiger partial charge in [-0.05, 0) is 46.1 Å². The minimum absolute atomic E-state index is 0.402. The number of rotatable bonds is 7. The molecule has 2 aromatic carbocycles. The highest BCUT2D eigenvalue weighted by atomic mass is 35.5. The zero-order valence-corrected chi connectivity index (χ0v) is 22.6. The highest BCUT2D eigenvalue weighted by Crippen LogP contribution is 2.45. The Morgan fingerprint density at radius 1 is 0.917 bits per heavy atom. The molecule has 0 bridgehead atoms. The van der Waals surface area contributed by atoms with E-state index in [1.807, 2.05) is 74.5 Å². The lowest BCUT2D eigenvalue weighted by molar-refractivity contribution is -0.110. The van der Waals surface area contributed by atoms with Crippen molar-refractivity contribution in [2.75, 3.05) is 0 Å². The monoisotopic (exact) mass is 513 g/mol. The van der Waals surface area contributed by atoms with E-state index < -0.39 is 41.5 Å². The molecule has 3 atom stereocenters. The number of nitrogens with zero attached hydrogens (tertiary/aromatic N) is 3. The quantitative estimate of drug-likeness (QED) is 0.384. The van der Waals surface area contributed by atoms with Crippen LogP contribution < -0.4 is 0 Å². The molecule has 0 N–H and O–H groups in total. The van der Waals surface area contributed by atoms with Crippen molar-refractivity contribution in [1.29, 1.82) is 0 Å². The Hall–Kier alpha value is -3.06. The summed E-state index contributed by atoms with van der Waals surface area (Å²) >= 11 is 7.09. The number of carbonyl (C=O) groups excluding carboxylic acids is 2. The highest BCUT2D eigenvalue weighted by Gasteiger charge is 2.57. The molecule has 3 rings (SSSR count). The van der Waals surface area contributed by atoms with E-state index in [1.54, 1.807) is 27.7 Å². The second kappa shape index (κ2) is 11.8. The zero-order valence-electron chi connectivity index (χ0n) is 21.8. The zero-order chi connectivity index (χ0) is 26.5. The maximum absolute atomic E-state index is 13.8. The van der Waals surface area contributed by atoms with Gasteiger partial charge in [0.05, 0.1) is 29.3 Å². The van der Waals surface area contributed by atoms with Gasteiger partial charge >= 0.3 is 12.2 Å². The van der Waals surface area contributed by atoms with Crippen molar-refractivity contribution >= 4 is 29.5 Å². The summed E-state index contributed by atoms with van der Waals surface area (Å²) < 4.78 is 11.4. The third kappa shape index (κ3) is 5.36. The first kappa shape index (κ1) is 27.5. The van der Waals surface area contributed by atoms with Gasteiger partial charge in [0.1, 0.15) is 0 Å². The molecule has 0 radical (unpaired) electrons. The molecular weight excluding hydrogens is 478 g/mol. The summed E-state index contributed by atoms with van der Waals surface area (Å²) in [7, 11) is 0. The molecule has 0 fully saturated rings. The van der Waals surface area contributed by atoms with Crippen molar-refractivity contribution in [2.24, 2.45) is 4.99 Å². The van der Waals surface area contributed by atoms with Crippen molar-refractivity contribution < 1.29 is 19.1 Å². The second-order valence-electron chi connectivity index (χ2n) is 9.28. The van der Waals surface area contributed by atoms with E-state index in [2.05, 4.69) is 0 Å². The Balaban J connectivity index is 2.43. The summed E-state index contributed by atoms with van der Waals surface area (Å²) in [5.74, 6) is 0. The van der Waals surface area contributed by atoms with Gasteiger partial charge in [0.2, 0.25) is 0 Å². The smallest absolute Gasteiger partial charge is 0.431 e. The van der Waals surface area contributed by atoms with Crippen molar-refractivity contribution in [3.8, 4) is 0 Å². The van der Waals surface area contributed by atoms with Crippen LogP contribution in [-0.2, 0) is 15.1 Å². The number of carbonyl (C=O) groups is 2. The van der Waals surface area contributed by atoms with Crippen LogP contribution in [0.25, 0.3) is 0 Å². The molecule has 7 nitrogen and oxygen atoms in total. The van der Waals surface area contributed by atoms with Crippen molar-refractivity contribution in [1.82, 2.24) is 10.0 Å². The van der Waals surface area contributed by atoms with Gasteiger partial charge in [0, 0.05) is 5.56 Å². The Morgan fingerprint density at radius 3 is 1.94 bits per heavy atom. The number of aliphatic imine (C=N–C) groups is 1. The summed E-state index contributed by atoms with van der Waals surface area (Å²) in [4.78, 5) is 32.8. The molecule has 0 saturated carbocycles. The number of alkyl halides is 1. The fourth-order valence-electron chi connectivity index (χ4n) is 4.44. The van der Waals surface area contributed by atoms with Gasteiger partial charge in [0.15, 0.2) is 5.66 Å². The van der Waals surface area contributed by atoms with Crippen molar-refractivity contribution in [2.45, 2.75) is 83.7 Å². The maximum atomic E-state index is 13.8. The highest BCUT2D eigenvalue weighted by molar-refractivity contribution is 6.22. The third-order valence-electron chi connectivity index (χ3n) is 5.92. The summed E-state index contributed by atoms with van der Waals surface area (Å²) in [6.07, 6.45) is -1.26. The molecular formula is C28H36ClN3O4. The molecule has 0 saturated heterocycles. The van der Waals surface area contributed by atoms with Crippen molar-refractivity contribution in [3.05, 3.63) is 71.8 Å². The molecule has 194 valence electrons. The summed E-state index contributed by atoms with van der Waals surface area (Å²) in [5.41, 5.74) is 0.688. The number of benzene rings is 2. The largest absolute Gasteiger partial charge is 0.445 e. The maximum Gasteiger partial charge on any atom is 0.431 e. The first-order valence-electron chi connectivity index (χ1n) is 12.5. The molecule has 8 heteroatoms. The average molecular weight is 514 g/mol. The number of amides is 2. The normalized spacial score (nSPS) is 20.8. The minimum atomic E-state index is -1.46. The van der Waals surface area contributed by atoms with E-state index in [-0.39, 0.29) is 0 Å². The molecule has 2 amide bonds. The van der Waals surface area contributed by atoms with Crippen LogP contribution in [0, 0.1) is 0 Å². The first-order chi connectivity index (χ1) is 17.2. The Morgan fingerprint density at radius 2 is 1.44 bits per heavy atom. The van der Waals surface area contributed by atoms with Crippen LogP contribution >= 0.6 is 11.6 Å². The molecule has 0 spiro atoms. The van der Waals surface area contributed by atoms with Gasteiger partial charge in [-0.2, -0.15) is 5.01 Å². The van der Waals surface area contributed by atoms with Gasteiger partial charge in [-0.15, -0.1) is 11.6 Å². The summed E-state index contributed by atoms with van der Waals surface area (Å²) in [6.45, 7) is 10.9. The third-order valence-corrected chi connectivity index (χ3v) is 6.54. The standard InChI is InChI=1S/C28H36ClN3O4/c1-7-23-25(21-15-11-9-12-16-21)30-28(24(29)8-2,22-17-13-10-14-18-22)32(27(34)36-20(5)6)31(23)26(33)35-19(3)4/h9-20,23-24H,7-8H2,1-6H3/t23-,24-,28+/m1/s1. The molecule has 2 aromatic rings. The van der Waals surface area contributed by atoms with Gasteiger partial charge in [0.25, 0.3) is 0 Å². The van der Waals surface area contributed by atoms with Crippen LogP contribution in [0.15, 0.2) is 65.7 Å². The Labute approximate surface area is 219 Å². The number of halogens is 1. The van der Waals surface area contributed by atoms with E-state index in [4.69, 9.17) is 26.1 Å². The van der Waals surface area contributed by atoms with E-state index >= 15 is 0 Å². The lowest BCUT2D eigenvalue weighted by Crippen LogP contribution is -2.69. The molecule has 1 heterocycles. The molecule has 0 aromatic heterocycles. The number of hydrogen-bond donors (Lipinski definition) is 0. The summed E-state index contributed by atoms with van der Waals surface area (Å²) in [6, 6.07) is 18.4. The van der Waals surface area contributed by atoms with E-state index in [0.717, 1.165) is 5.56 Å². The second-order valence-corrected chi connectivity index (χ2v) is 9.80. The fraction of sp³-hybridized carbons (Fsp3) is 0.464. The van der Waals surface area contributed by atoms with E-state index in [9.17, 15) is 9.59 Å². The van der Waals surface area contributed by atoms with Crippen LogP contribution in [0.2, 0.25) is 0 Å². The van der Waals surface area contributed by atoms with Crippen LogP contribution in [-0.4, -0.2) is 51.5 Å². The minimum Gasteiger partial charge on any atom is -0.445 e. The van der Waals surface area contributed by atoms with E-state index in [0.29, 0.717) is 24.1 Å². The fourth-order valence-corrected chi connectivity index (χ4v) is 4.71.